The average molecular weight is 345 g/mol. The zero-order valence-corrected chi connectivity index (χ0v) is 15.0. The van der Waals surface area contributed by atoms with Gasteiger partial charge in [-0.1, -0.05) is 50.3 Å². The number of allylic oxidation sites excluding steroid dienone is 1. The highest BCUT2D eigenvalue weighted by molar-refractivity contribution is 5.91. The third-order valence-corrected chi connectivity index (χ3v) is 4.30. The van der Waals surface area contributed by atoms with Crippen molar-refractivity contribution in [3.05, 3.63) is 48.6 Å². The highest BCUT2D eigenvalue weighted by atomic mass is 16.2. The van der Waals surface area contributed by atoms with Crippen LogP contribution < -0.4 is 16.4 Å². The van der Waals surface area contributed by atoms with Crippen LogP contribution in [0.15, 0.2) is 43.0 Å². The summed E-state index contributed by atoms with van der Waals surface area (Å²) in [5.74, 6) is -1.91. The van der Waals surface area contributed by atoms with Crippen LogP contribution in [0.3, 0.4) is 0 Å². The van der Waals surface area contributed by atoms with Crippen LogP contribution in [-0.2, 0) is 19.8 Å². The van der Waals surface area contributed by atoms with E-state index in [9.17, 15) is 14.4 Å². The van der Waals surface area contributed by atoms with Gasteiger partial charge in [-0.05, 0) is 12.0 Å². The van der Waals surface area contributed by atoms with Gasteiger partial charge in [-0.25, -0.2) is 0 Å². The first kappa shape index (κ1) is 20.4. The molecule has 0 saturated heterocycles. The van der Waals surface area contributed by atoms with Crippen LogP contribution in [-0.4, -0.2) is 30.8 Å². The van der Waals surface area contributed by atoms with Gasteiger partial charge in [-0.2, -0.15) is 0 Å². The van der Waals surface area contributed by atoms with Crippen molar-refractivity contribution < 1.29 is 14.4 Å². The van der Waals surface area contributed by atoms with Gasteiger partial charge < -0.3 is 16.4 Å². The van der Waals surface area contributed by atoms with Crippen molar-refractivity contribution in [2.45, 2.75) is 38.1 Å². The van der Waals surface area contributed by atoms with Gasteiger partial charge in [0.1, 0.15) is 6.04 Å². The molecule has 6 heteroatoms. The van der Waals surface area contributed by atoms with Crippen LogP contribution >= 0.6 is 0 Å². The van der Waals surface area contributed by atoms with Gasteiger partial charge in [0.25, 0.3) is 0 Å². The van der Waals surface area contributed by atoms with E-state index in [1.165, 1.54) is 7.05 Å². The third-order valence-electron chi connectivity index (χ3n) is 4.30. The number of hydrogen-bond acceptors (Lipinski definition) is 3. The Morgan fingerprint density at radius 1 is 1.20 bits per heavy atom. The number of amides is 3. The summed E-state index contributed by atoms with van der Waals surface area (Å²) in [6.07, 6.45) is 1.77. The summed E-state index contributed by atoms with van der Waals surface area (Å²) in [4.78, 5) is 36.3. The maximum Gasteiger partial charge on any atom is 0.243 e. The average Bonchev–Trinajstić information content (AvgIpc) is 2.58. The fourth-order valence-electron chi connectivity index (χ4n) is 2.74. The molecule has 4 N–H and O–H groups in total. The number of benzene rings is 1. The van der Waals surface area contributed by atoms with Gasteiger partial charge in [0.2, 0.25) is 17.7 Å². The van der Waals surface area contributed by atoms with Crippen LogP contribution in [0.2, 0.25) is 0 Å². The SMILES string of the molecule is C=CCC(CC(N)=O)C(=O)NC(C(=O)NC)C(C)(C)c1ccccc1. The van der Waals surface area contributed by atoms with Crippen molar-refractivity contribution in [2.24, 2.45) is 11.7 Å². The topological polar surface area (TPSA) is 101 Å². The first-order valence-corrected chi connectivity index (χ1v) is 8.20. The molecule has 0 bridgehead atoms. The summed E-state index contributed by atoms with van der Waals surface area (Å²) in [5.41, 5.74) is 5.49. The molecule has 0 fully saturated rings. The largest absolute Gasteiger partial charge is 0.370 e. The Morgan fingerprint density at radius 2 is 1.80 bits per heavy atom. The molecule has 0 heterocycles. The Morgan fingerprint density at radius 3 is 2.28 bits per heavy atom. The number of nitrogens with one attached hydrogen (secondary N) is 2. The summed E-state index contributed by atoms with van der Waals surface area (Å²) >= 11 is 0. The van der Waals surface area contributed by atoms with E-state index in [1.54, 1.807) is 6.08 Å². The minimum absolute atomic E-state index is 0.0932. The number of nitrogens with two attached hydrogens (primary N) is 1. The molecule has 0 saturated carbocycles. The molecular formula is C19H27N3O3. The van der Waals surface area contributed by atoms with Crippen LogP contribution in [0.4, 0.5) is 0 Å². The lowest BCUT2D eigenvalue weighted by Gasteiger charge is -2.35. The van der Waals surface area contributed by atoms with E-state index >= 15 is 0 Å². The number of hydrogen-bond donors (Lipinski definition) is 3. The summed E-state index contributed by atoms with van der Waals surface area (Å²) in [6.45, 7) is 7.38. The van der Waals surface area contributed by atoms with Gasteiger partial charge in [0, 0.05) is 18.9 Å². The third kappa shape index (κ3) is 5.45. The molecule has 0 aliphatic rings. The van der Waals surface area contributed by atoms with Crippen LogP contribution in [0.25, 0.3) is 0 Å². The Bertz CT molecular complexity index is 626. The molecule has 6 nitrogen and oxygen atoms in total. The minimum atomic E-state index is -0.799. The molecule has 1 aromatic rings. The number of carbonyl (C=O) groups excluding carboxylic acids is 3. The van der Waals surface area contributed by atoms with Crippen molar-refractivity contribution >= 4 is 17.7 Å². The normalized spacial score (nSPS) is 13.4. The fraction of sp³-hybridized carbons (Fsp3) is 0.421. The number of carbonyl (C=O) groups is 3. The molecule has 0 spiro atoms. The quantitative estimate of drug-likeness (QED) is 0.587. The molecule has 1 aromatic carbocycles. The van der Waals surface area contributed by atoms with Crippen LogP contribution in [0, 0.1) is 5.92 Å². The smallest absolute Gasteiger partial charge is 0.243 e. The molecule has 25 heavy (non-hydrogen) atoms. The summed E-state index contributed by atoms with van der Waals surface area (Å²) < 4.78 is 0. The zero-order chi connectivity index (χ0) is 19.0. The molecule has 0 aliphatic carbocycles. The molecule has 0 aromatic heterocycles. The second kappa shape index (κ2) is 9.01. The molecule has 2 unspecified atom stereocenters. The highest BCUT2D eigenvalue weighted by Crippen LogP contribution is 2.28. The maximum absolute atomic E-state index is 12.6. The van der Waals surface area contributed by atoms with Crippen molar-refractivity contribution in [3.8, 4) is 0 Å². The van der Waals surface area contributed by atoms with Crippen molar-refractivity contribution in [3.63, 3.8) is 0 Å². The van der Waals surface area contributed by atoms with E-state index in [0.29, 0.717) is 6.42 Å². The second-order valence-corrected chi connectivity index (χ2v) is 6.54. The van der Waals surface area contributed by atoms with E-state index in [2.05, 4.69) is 17.2 Å². The lowest BCUT2D eigenvalue weighted by atomic mass is 9.77. The van der Waals surface area contributed by atoms with E-state index in [-0.39, 0.29) is 12.3 Å². The molecule has 0 aliphatic heterocycles. The zero-order valence-electron chi connectivity index (χ0n) is 15.0. The summed E-state index contributed by atoms with van der Waals surface area (Å²) in [7, 11) is 1.52. The number of likely N-dealkylation sites (N-methyl/N-ethyl adjacent to an activating group) is 1. The van der Waals surface area contributed by atoms with Gasteiger partial charge in [0.05, 0.1) is 5.92 Å². The number of primary amides is 1. The Labute approximate surface area is 148 Å². The monoisotopic (exact) mass is 345 g/mol. The fourth-order valence-corrected chi connectivity index (χ4v) is 2.74. The maximum atomic E-state index is 12.6. The highest BCUT2D eigenvalue weighted by Gasteiger charge is 2.38. The number of rotatable bonds is 9. The van der Waals surface area contributed by atoms with Crippen molar-refractivity contribution in [1.82, 2.24) is 10.6 Å². The Balaban J connectivity index is 3.10. The predicted octanol–water partition coefficient (Wildman–Crippen LogP) is 1.26. The van der Waals surface area contributed by atoms with Crippen LogP contribution in [0.5, 0.6) is 0 Å². The predicted molar refractivity (Wildman–Crippen MR) is 97.6 cm³/mol. The van der Waals surface area contributed by atoms with E-state index in [4.69, 9.17) is 5.73 Å². The lowest BCUT2D eigenvalue weighted by molar-refractivity contribution is -0.133. The van der Waals surface area contributed by atoms with Gasteiger partial charge in [0.15, 0.2) is 0 Å². The summed E-state index contributed by atoms with van der Waals surface area (Å²) in [6, 6.07) is 8.67. The van der Waals surface area contributed by atoms with Crippen LogP contribution in [0.1, 0.15) is 32.3 Å². The standard InChI is InChI=1S/C19H27N3O3/c1-5-9-13(12-15(20)23)17(24)22-16(18(25)21-4)19(2,3)14-10-7-6-8-11-14/h5-8,10-11,13,16H,1,9,12H2,2-4H3,(H2,20,23)(H,21,25)(H,22,24). The molecule has 3 amide bonds. The second-order valence-electron chi connectivity index (χ2n) is 6.54. The molecule has 1 rings (SSSR count). The van der Waals surface area contributed by atoms with E-state index in [0.717, 1.165) is 5.56 Å². The first-order chi connectivity index (χ1) is 11.7. The minimum Gasteiger partial charge on any atom is -0.370 e. The Hall–Kier alpha value is -2.63. The molecule has 0 radical (unpaired) electrons. The Kier molecular flexibility index (Phi) is 7.36. The first-order valence-electron chi connectivity index (χ1n) is 8.20. The van der Waals surface area contributed by atoms with Gasteiger partial charge >= 0.3 is 0 Å². The van der Waals surface area contributed by atoms with Gasteiger partial charge in [-0.15, -0.1) is 6.58 Å². The van der Waals surface area contributed by atoms with E-state index < -0.39 is 29.2 Å². The van der Waals surface area contributed by atoms with E-state index in [1.807, 2.05) is 44.2 Å². The molecular weight excluding hydrogens is 318 g/mol. The lowest BCUT2D eigenvalue weighted by Crippen LogP contribution is -2.57. The van der Waals surface area contributed by atoms with Crippen molar-refractivity contribution in [2.75, 3.05) is 7.05 Å². The van der Waals surface area contributed by atoms with Crippen molar-refractivity contribution in [1.29, 1.82) is 0 Å². The molecule has 136 valence electrons. The van der Waals surface area contributed by atoms with Gasteiger partial charge in [-0.3, -0.25) is 14.4 Å². The molecule has 2 atom stereocenters. The summed E-state index contributed by atoms with van der Waals surface area (Å²) in [5, 5.41) is 5.38.